The van der Waals surface area contributed by atoms with Crippen molar-refractivity contribution in [3.05, 3.63) is 34.9 Å². The standard InChI is InChI=1S/C14H19NO5/c1-8-6-10(14(19)20-3)4-5-11(8)13(18)12(17)7-15-9(2)16/h4-6,12-13,17-18H,7H2,1-3H3,(H,15,16). The number of ether oxygens (including phenoxy) is 1. The molecule has 0 aromatic heterocycles. The Morgan fingerprint density at radius 3 is 2.50 bits per heavy atom. The van der Waals surface area contributed by atoms with Gasteiger partial charge in [0.25, 0.3) is 0 Å². The number of benzene rings is 1. The number of hydrogen-bond donors (Lipinski definition) is 3. The van der Waals surface area contributed by atoms with Crippen LogP contribution in [-0.4, -0.2) is 41.8 Å². The smallest absolute Gasteiger partial charge is 0.337 e. The first-order chi connectivity index (χ1) is 9.36. The highest BCUT2D eigenvalue weighted by molar-refractivity contribution is 5.89. The van der Waals surface area contributed by atoms with Crippen molar-refractivity contribution in [1.29, 1.82) is 0 Å². The van der Waals surface area contributed by atoms with Crippen LogP contribution < -0.4 is 5.32 Å². The van der Waals surface area contributed by atoms with Gasteiger partial charge in [-0.05, 0) is 30.2 Å². The Bertz CT molecular complexity index is 500. The van der Waals surface area contributed by atoms with Crippen LogP contribution in [0.3, 0.4) is 0 Å². The number of aliphatic hydroxyl groups excluding tert-OH is 2. The van der Waals surface area contributed by atoms with Crippen molar-refractivity contribution >= 4 is 11.9 Å². The van der Waals surface area contributed by atoms with Gasteiger partial charge in [0.15, 0.2) is 0 Å². The number of carbonyl (C=O) groups is 2. The second-order valence-corrected chi connectivity index (χ2v) is 4.51. The van der Waals surface area contributed by atoms with Crippen molar-refractivity contribution in [2.75, 3.05) is 13.7 Å². The van der Waals surface area contributed by atoms with E-state index in [9.17, 15) is 19.8 Å². The lowest BCUT2D eigenvalue weighted by molar-refractivity contribution is -0.119. The number of nitrogens with one attached hydrogen (secondary N) is 1. The molecular weight excluding hydrogens is 262 g/mol. The van der Waals surface area contributed by atoms with Crippen molar-refractivity contribution in [3.8, 4) is 0 Å². The molecule has 6 heteroatoms. The van der Waals surface area contributed by atoms with Gasteiger partial charge in [-0.15, -0.1) is 0 Å². The number of rotatable bonds is 5. The summed E-state index contributed by atoms with van der Waals surface area (Å²) >= 11 is 0. The molecule has 0 heterocycles. The van der Waals surface area contributed by atoms with Crippen molar-refractivity contribution < 1.29 is 24.5 Å². The highest BCUT2D eigenvalue weighted by Crippen LogP contribution is 2.22. The van der Waals surface area contributed by atoms with Gasteiger partial charge in [-0.1, -0.05) is 6.07 Å². The van der Waals surface area contributed by atoms with Gasteiger partial charge in [0.05, 0.1) is 12.7 Å². The summed E-state index contributed by atoms with van der Waals surface area (Å²) in [5.74, 6) is -0.748. The Kier molecular flexibility index (Phi) is 5.66. The first kappa shape index (κ1) is 16.1. The third-order valence-electron chi connectivity index (χ3n) is 2.93. The van der Waals surface area contributed by atoms with E-state index in [1.165, 1.54) is 20.1 Å². The molecule has 110 valence electrons. The van der Waals surface area contributed by atoms with Gasteiger partial charge in [0.1, 0.15) is 12.2 Å². The van der Waals surface area contributed by atoms with Crippen LogP contribution in [0.4, 0.5) is 0 Å². The zero-order valence-corrected chi connectivity index (χ0v) is 11.7. The number of hydrogen-bond acceptors (Lipinski definition) is 5. The summed E-state index contributed by atoms with van der Waals surface area (Å²) in [6.07, 6.45) is -2.27. The molecule has 1 aromatic carbocycles. The van der Waals surface area contributed by atoms with Crippen molar-refractivity contribution in [2.24, 2.45) is 0 Å². The molecule has 20 heavy (non-hydrogen) atoms. The summed E-state index contributed by atoms with van der Waals surface area (Å²) in [5, 5.41) is 22.3. The highest BCUT2D eigenvalue weighted by Gasteiger charge is 2.21. The number of esters is 1. The largest absolute Gasteiger partial charge is 0.465 e. The average molecular weight is 281 g/mol. The second kappa shape index (κ2) is 7.02. The summed E-state index contributed by atoms with van der Waals surface area (Å²) < 4.78 is 4.61. The number of carbonyl (C=O) groups excluding carboxylic acids is 2. The van der Waals surface area contributed by atoms with E-state index in [0.29, 0.717) is 16.7 Å². The van der Waals surface area contributed by atoms with Crippen LogP contribution >= 0.6 is 0 Å². The molecule has 0 aliphatic heterocycles. The maximum absolute atomic E-state index is 11.4. The van der Waals surface area contributed by atoms with Crippen molar-refractivity contribution in [3.63, 3.8) is 0 Å². The lowest BCUT2D eigenvalue weighted by atomic mass is 9.97. The topological polar surface area (TPSA) is 95.9 Å². The molecule has 0 saturated carbocycles. The van der Waals surface area contributed by atoms with Crippen LogP contribution in [-0.2, 0) is 9.53 Å². The van der Waals surface area contributed by atoms with Gasteiger partial charge in [-0.3, -0.25) is 4.79 Å². The fourth-order valence-electron chi connectivity index (χ4n) is 1.82. The molecule has 0 spiro atoms. The average Bonchev–Trinajstić information content (AvgIpc) is 2.42. The predicted octanol–water partition coefficient (Wildman–Crippen LogP) is 0.312. The quantitative estimate of drug-likeness (QED) is 0.675. The molecule has 1 amide bonds. The van der Waals surface area contributed by atoms with E-state index in [0.717, 1.165) is 0 Å². The molecule has 2 unspecified atom stereocenters. The van der Waals surface area contributed by atoms with Gasteiger partial charge < -0.3 is 20.3 Å². The first-order valence-corrected chi connectivity index (χ1v) is 6.16. The number of methoxy groups -OCH3 is 1. The maximum atomic E-state index is 11.4. The van der Waals surface area contributed by atoms with Gasteiger partial charge in [0.2, 0.25) is 5.91 Å². The zero-order chi connectivity index (χ0) is 15.3. The fraction of sp³-hybridized carbons (Fsp3) is 0.429. The molecule has 0 aliphatic rings. The molecule has 0 bridgehead atoms. The molecule has 2 atom stereocenters. The maximum Gasteiger partial charge on any atom is 0.337 e. The molecule has 1 aromatic rings. The minimum Gasteiger partial charge on any atom is -0.465 e. The third kappa shape index (κ3) is 4.04. The van der Waals surface area contributed by atoms with Crippen LogP contribution in [0.5, 0.6) is 0 Å². The molecule has 3 N–H and O–H groups in total. The van der Waals surface area contributed by atoms with E-state index in [1.807, 2.05) is 0 Å². The van der Waals surface area contributed by atoms with Crippen molar-refractivity contribution in [1.82, 2.24) is 5.32 Å². The molecule has 0 aliphatic carbocycles. The summed E-state index contributed by atoms with van der Waals surface area (Å²) in [5.41, 5.74) is 1.52. The number of amides is 1. The fourth-order valence-corrected chi connectivity index (χ4v) is 1.82. The van der Waals surface area contributed by atoms with E-state index in [2.05, 4.69) is 10.1 Å². The van der Waals surface area contributed by atoms with E-state index in [-0.39, 0.29) is 12.5 Å². The van der Waals surface area contributed by atoms with Crippen molar-refractivity contribution in [2.45, 2.75) is 26.1 Å². The number of aliphatic hydroxyl groups is 2. The van der Waals surface area contributed by atoms with E-state index < -0.39 is 18.2 Å². The molecule has 0 saturated heterocycles. The zero-order valence-electron chi connectivity index (χ0n) is 11.7. The number of aryl methyl sites for hydroxylation is 1. The normalized spacial score (nSPS) is 13.4. The Hall–Kier alpha value is -1.92. The lowest BCUT2D eigenvalue weighted by Gasteiger charge is -2.20. The lowest BCUT2D eigenvalue weighted by Crippen LogP contribution is -2.34. The minimum atomic E-state index is -1.14. The summed E-state index contributed by atoms with van der Waals surface area (Å²) in [7, 11) is 1.29. The second-order valence-electron chi connectivity index (χ2n) is 4.51. The molecule has 6 nitrogen and oxygen atoms in total. The van der Waals surface area contributed by atoms with E-state index in [4.69, 9.17) is 0 Å². The van der Waals surface area contributed by atoms with Crippen LogP contribution in [0, 0.1) is 6.92 Å². The predicted molar refractivity (Wildman–Crippen MR) is 72.2 cm³/mol. The Morgan fingerprint density at radius 2 is 2.00 bits per heavy atom. The van der Waals surface area contributed by atoms with Gasteiger partial charge in [-0.2, -0.15) is 0 Å². The van der Waals surface area contributed by atoms with Gasteiger partial charge >= 0.3 is 5.97 Å². The third-order valence-corrected chi connectivity index (χ3v) is 2.93. The van der Waals surface area contributed by atoms with Crippen LogP contribution in [0.15, 0.2) is 18.2 Å². The summed E-state index contributed by atoms with van der Waals surface area (Å²) in [6, 6.07) is 4.65. The molecular formula is C14H19NO5. The van der Waals surface area contributed by atoms with Crippen LogP contribution in [0.25, 0.3) is 0 Å². The Morgan fingerprint density at radius 1 is 1.35 bits per heavy atom. The molecule has 0 fully saturated rings. The summed E-state index contributed by atoms with van der Waals surface area (Å²) in [6.45, 7) is 3.00. The Balaban J connectivity index is 2.85. The van der Waals surface area contributed by atoms with Gasteiger partial charge in [0, 0.05) is 13.5 Å². The SMILES string of the molecule is COC(=O)c1ccc(C(O)C(O)CNC(C)=O)c(C)c1. The Labute approximate surface area is 117 Å². The highest BCUT2D eigenvalue weighted by atomic mass is 16.5. The van der Waals surface area contributed by atoms with Gasteiger partial charge in [-0.25, -0.2) is 4.79 Å². The van der Waals surface area contributed by atoms with Crippen LogP contribution in [0.2, 0.25) is 0 Å². The minimum absolute atomic E-state index is 0.0469. The first-order valence-electron chi connectivity index (χ1n) is 6.16. The monoisotopic (exact) mass is 281 g/mol. The molecule has 1 rings (SSSR count). The molecule has 0 radical (unpaired) electrons. The van der Waals surface area contributed by atoms with Crippen LogP contribution in [0.1, 0.15) is 34.5 Å². The van der Waals surface area contributed by atoms with E-state index in [1.54, 1.807) is 19.1 Å². The van der Waals surface area contributed by atoms with E-state index >= 15 is 0 Å². The summed E-state index contributed by atoms with van der Waals surface area (Å²) in [4.78, 5) is 22.1.